The van der Waals surface area contributed by atoms with Gasteiger partial charge < -0.3 is 9.15 Å². The quantitative estimate of drug-likeness (QED) is 0.242. The van der Waals surface area contributed by atoms with Crippen LogP contribution in [0.4, 0.5) is 5.88 Å². The molecule has 4 rings (SSSR count). The number of para-hydroxylation sites is 2. The molecule has 0 atom stereocenters. The highest BCUT2D eigenvalue weighted by Gasteiger charge is 2.14. The van der Waals surface area contributed by atoms with Crippen LogP contribution in [-0.4, -0.2) is 64.3 Å². The van der Waals surface area contributed by atoms with Gasteiger partial charge in [0.1, 0.15) is 4.92 Å². The fraction of sp³-hybridized carbons (Fsp3) is 0.333. The molecular weight excluding hydrogens is 418 g/mol. The number of halogens is 1. The maximum Gasteiger partial charge on any atom is 0.433 e. The van der Waals surface area contributed by atoms with Gasteiger partial charge in [0.15, 0.2) is 10.9 Å². The maximum absolute atomic E-state index is 10.8. The van der Waals surface area contributed by atoms with Crippen molar-refractivity contribution < 1.29 is 14.1 Å². The van der Waals surface area contributed by atoms with Crippen LogP contribution in [0.5, 0.6) is 0 Å². The standard InChI is InChI=1S/C18H19N5O4S.ClH/c24-23(25)17-6-5-14(27-17)13-19-22-16-4-2-1-3-15(16)20-18(22)28-12-9-21-7-10-26-11-8-21;/h1-6,13H,7-12H2;1H/b19-13-;. The fourth-order valence-corrected chi connectivity index (χ4v) is 3.87. The van der Waals surface area contributed by atoms with Crippen molar-refractivity contribution in [3.63, 3.8) is 0 Å². The second kappa shape index (κ2) is 9.88. The molecule has 0 spiro atoms. The van der Waals surface area contributed by atoms with Gasteiger partial charge >= 0.3 is 5.88 Å². The third-order valence-corrected chi connectivity index (χ3v) is 5.25. The van der Waals surface area contributed by atoms with Gasteiger partial charge in [-0.05, 0) is 18.2 Å². The summed E-state index contributed by atoms with van der Waals surface area (Å²) in [7, 11) is 0. The van der Waals surface area contributed by atoms with Crippen LogP contribution in [0.15, 0.2) is 51.1 Å². The third-order valence-electron chi connectivity index (χ3n) is 4.34. The van der Waals surface area contributed by atoms with Crippen molar-refractivity contribution in [2.45, 2.75) is 5.16 Å². The molecule has 0 saturated carbocycles. The number of ether oxygens (including phenoxy) is 1. The molecule has 1 fully saturated rings. The zero-order valence-electron chi connectivity index (χ0n) is 15.5. The normalized spacial score (nSPS) is 15.0. The predicted octanol–water partition coefficient (Wildman–Crippen LogP) is 3.27. The van der Waals surface area contributed by atoms with Crippen molar-refractivity contribution >= 4 is 47.3 Å². The Morgan fingerprint density at radius 1 is 1.24 bits per heavy atom. The van der Waals surface area contributed by atoms with Gasteiger partial charge in [0.05, 0.1) is 36.5 Å². The summed E-state index contributed by atoms with van der Waals surface area (Å²) in [6.07, 6.45) is 1.47. The van der Waals surface area contributed by atoms with Gasteiger partial charge in [-0.25, -0.2) is 9.66 Å². The molecule has 0 N–H and O–H groups in total. The summed E-state index contributed by atoms with van der Waals surface area (Å²) in [5.41, 5.74) is 1.72. The monoisotopic (exact) mass is 437 g/mol. The Kier molecular flexibility index (Phi) is 7.26. The number of aromatic nitrogens is 2. The predicted molar refractivity (Wildman–Crippen MR) is 113 cm³/mol. The van der Waals surface area contributed by atoms with Crippen LogP contribution < -0.4 is 0 Å². The number of hydrogen-bond acceptors (Lipinski definition) is 8. The highest BCUT2D eigenvalue weighted by Crippen LogP contribution is 2.24. The van der Waals surface area contributed by atoms with Gasteiger partial charge in [0.2, 0.25) is 0 Å². The summed E-state index contributed by atoms with van der Waals surface area (Å²) in [6.45, 7) is 4.41. The number of thioether (sulfide) groups is 1. The Bertz CT molecular complexity index is 999. The number of imidazole rings is 1. The average molecular weight is 438 g/mol. The highest BCUT2D eigenvalue weighted by molar-refractivity contribution is 7.99. The number of rotatable bonds is 7. The number of furan rings is 1. The molecule has 2 aromatic heterocycles. The Hall–Kier alpha value is -2.40. The topological polar surface area (TPSA) is 98.9 Å². The van der Waals surface area contributed by atoms with Crippen molar-refractivity contribution in [2.24, 2.45) is 5.10 Å². The number of nitrogens with zero attached hydrogens (tertiary/aromatic N) is 5. The minimum absolute atomic E-state index is 0. The molecule has 1 aromatic carbocycles. The third kappa shape index (κ3) is 5.15. The number of morpholine rings is 1. The van der Waals surface area contributed by atoms with Crippen LogP contribution in [0, 0.1) is 10.1 Å². The van der Waals surface area contributed by atoms with Crippen LogP contribution in [0.1, 0.15) is 5.76 Å². The zero-order chi connectivity index (χ0) is 19.3. The second-order valence-corrected chi connectivity index (χ2v) is 7.24. The van der Waals surface area contributed by atoms with E-state index in [-0.39, 0.29) is 18.3 Å². The zero-order valence-corrected chi connectivity index (χ0v) is 17.1. The molecule has 3 heterocycles. The fourth-order valence-electron chi connectivity index (χ4n) is 2.91. The van der Waals surface area contributed by atoms with E-state index in [1.54, 1.807) is 16.4 Å². The summed E-state index contributed by atoms with van der Waals surface area (Å²) in [5, 5.41) is 16.0. The Labute approximate surface area is 177 Å². The lowest BCUT2D eigenvalue weighted by atomic mass is 10.3. The van der Waals surface area contributed by atoms with Crippen molar-refractivity contribution in [1.82, 2.24) is 14.6 Å². The highest BCUT2D eigenvalue weighted by atomic mass is 35.5. The van der Waals surface area contributed by atoms with E-state index in [0.717, 1.165) is 54.8 Å². The molecule has 3 aromatic rings. The second-order valence-electron chi connectivity index (χ2n) is 6.18. The molecule has 11 heteroatoms. The van der Waals surface area contributed by atoms with Crippen LogP contribution in [-0.2, 0) is 4.74 Å². The smallest absolute Gasteiger partial charge is 0.400 e. The van der Waals surface area contributed by atoms with Gasteiger partial charge in [0, 0.05) is 25.4 Å². The van der Waals surface area contributed by atoms with Gasteiger partial charge in [-0.2, -0.15) is 5.10 Å². The minimum Gasteiger partial charge on any atom is -0.400 e. The van der Waals surface area contributed by atoms with Crippen LogP contribution in [0.2, 0.25) is 0 Å². The molecule has 154 valence electrons. The Morgan fingerprint density at radius 3 is 2.79 bits per heavy atom. The van der Waals surface area contributed by atoms with Crippen molar-refractivity contribution in [3.05, 3.63) is 52.3 Å². The van der Waals surface area contributed by atoms with Crippen molar-refractivity contribution in [1.29, 1.82) is 0 Å². The Balaban J connectivity index is 0.00000240. The summed E-state index contributed by atoms with van der Waals surface area (Å²) < 4.78 is 12.3. The lowest BCUT2D eigenvalue weighted by Gasteiger charge is -2.26. The first kappa shape index (κ1) is 21.3. The van der Waals surface area contributed by atoms with E-state index in [1.807, 2.05) is 24.3 Å². The molecule has 29 heavy (non-hydrogen) atoms. The van der Waals surface area contributed by atoms with E-state index in [9.17, 15) is 10.1 Å². The number of benzene rings is 1. The van der Waals surface area contributed by atoms with Crippen molar-refractivity contribution in [2.75, 3.05) is 38.6 Å². The van der Waals surface area contributed by atoms with E-state index >= 15 is 0 Å². The molecule has 1 aliphatic heterocycles. The lowest BCUT2D eigenvalue weighted by Crippen LogP contribution is -2.37. The Morgan fingerprint density at radius 2 is 2.03 bits per heavy atom. The summed E-state index contributed by atoms with van der Waals surface area (Å²) in [4.78, 5) is 17.2. The SMILES string of the molecule is Cl.O=[N+]([O-])c1ccc(/C=N\n2c(SCCN3CCOCC3)nc3ccccc32)o1. The first-order valence-corrected chi connectivity index (χ1v) is 9.88. The van der Waals surface area contributed by atoms with Crippen LogP contribution in [0.25, 0.3) is 11.0 Å². The number of hydrogen-bond donors (Lipinski definition) is 0. The molecule has 9 nitrogen and oxygen atoms in total. The molecule has 0 amide bonds. The summed E-state index contributed by atoms with van der Waals surface area (Å²) in [6, 6.07) is 10.6. The average Bonchev–Trinajstić information content (AvgIpc) is 3.32. The molecule has 1 saturated heterocycles. The van der Waals surface area contributed by atoms with Gasteiger partial charge in [-0.3, -0.25) is 15.0 Å². The minimum atomic E-state index is -0.573. The molecular formula is C18H20ClN5O4S. The first-order chi connectivity index (χ1) is 13.7. The molecule has 0 bridgehead atoms. The number of nitro groups is 1. The van der Waals surface area contributed by atoms with Crippen LogP contribution in [0.3, 0.4) is 0 Å². The summed E-state index contributed by atoms with van der Waals surface area (Å²) >= 11 is 1.63. The van der Waals surface area contributed by atoms with Gasteiger partial charge in [0.25, 0.3) is 0 Å². The van der Waals surface area contributed by atoms with Gasteiger partial charge in [-0.1, -0.05) is 23.9 Å². The van der Waals surface area contributed by atoms with E-state index in [4.69, 9.17) is 9.15 Å². The largest absolute Gasteiger partial charge is 0.433 e. The van der Waals surface area contributed by atoms with Crippen LogP contribution >= 0.6 is 24.2 Å². The lowest BCUT2D eigenvalue weighted by molar-refractivity contribution is -0.402. The van der Waals surface area contributed by atoms with E-state index in [1.165, 1.54) is 18.3 Å². The molecule has 1 aliphatic rings. The maximum atomic E-state index is 10.8. The molecule has 0 radical (unpaired) electrons. The van der Waals surface area contributed by atoms with Gasteiger partial charge in [-0.15, -0.1) is 12.4 Å². The van der Waals surface area contributed by atoms with E-state index < -0.39 is 4.92 Å². The molecule has 0 unspecified atom stereocenters. The molecule has 0 aliphatic carbocycles. The number of fused-ring (bicyclic) bond motifs is 1. The summed E-state index contributed by atoms with van der Waals surface area (Å²) in [5.74, 6) is 0.885. The first-order valence-electron chi connectivity index (χ1n) is 8.90. The van der Waals surface area contributed by atoms with E-state index in [2.05, 4.69) is 15.0 Å². The van der Waals surface area contributed by atoms with Crippen molar-refractivity contribution in [3.8, 4) is 0 Å². The van der Waals surface area contributed by atoms with E-state index in [0.29, 0.717) is 5.76 Å².